The lowest BCUT2D eigenvalue weighted by Gasteiger charge is -2.48. The van der Waals surface area contributed by atoms with E-state index in [0.29, 0.717) is 0 Å². The van der Waals surface area contributed by atoms with Crippen LogP contribution in [-0.4, -0.2) is 167 Å². The summed E-state index contributed by atoms with van der Waals surface area (Å²) in [7, 11) is -1.47. The van der Waals surface area contributed by atoms with Crippen LogP contribution >= 0.6 is 0 Å². The van der Waals surface area contributed by atoms with Crippen molar-refractivity contribution >= 4 is 14.0 Å². The predicted molar refractivity (Wildman–Crippen MR) is 143 cm³/mol. The van der Waals surface area contributed by atoms with E-state index in [4.69, 9.17) is 28.4 Å². The molecule has 3 unspecified atom stereocenters. The fraction of sp³-hybridized carbons (Fsp3) is 0.960. The molecule has 17 heteroatoms. The van der Waals surface area contributed by atoms with Crippen LogP contribution < -0.4 is 5.32 Å². The van der Waals surface area contributed by atoms with E-state index in [1.807, 2.05) is 0 Å². The van der Waals surface area contributed by atoms with Gasteiger partial charge in [0, 0.05) is 28.0 Å². The average molecular weight is 630 g/mol. The highest BCUT2D eigenvalue weighted by Crippen LogP contribution is 2.32. The Morgan fingerprint density at radius 2 is 1.40 bits per heavy atom. The number of nitrogens with one attached hydrogen (secondary N) is 1. The molecule has 0 aliphatic carbocycles. The topological polar surface area (TPSA) is 246 Å². The molecule has 246 valence electrons. The highest BCUT2D eigenvalue weighted by molar-refractivity contribution is 6.76. The fourth-order valence-corrected chi connectivity index (χ4v) is 5.77. The first-order chi connectivity index (χ1) is 19.7. The van der Waals surface area contributed by atoms with Gasteiger partial charge in [-0.05, 0) is 6.04 Å². The van der Waals surface area contributed by atoms with Crippen LogP contribution in [-0.2, 0) is 33.2 Å². The van der Waals surface area contributed by atoms with Crippen molar-refractivity contribution in [2.75, 3.05) is 26.4 Å². The van der Waals surface area contributed by atoms with Crippen LogP contribution in [0.15, 0.2) is 0 Å². The van der Waals surface area contributed by atoms with Crippen LogP contribution in [0.1, 0.15) is 13.3 Å². The number of carbonyl (C=O) groups excluding carboxylic acids is 1. The number of aliphatic hydroxyl groups is 8. The third-order valence-electron chi connectivity index (χ3n) is 7.47. The van der Waals surface area contributed by atoms with E-state index in [9.17, 15) is 45.6 Å². The van der Waals surface area contributed by atoms with Crippen molar-refractivity contribution in [3.05, 3.63) is 0 Å². The molecule has 3 aliphatic rings. The predicted octanol–water partition coefficient (Wildman–Crippen LogP) is -4.04. The first-order valence-corrected chi connectivity index (χ1v) is 17.8. The lowest BCUT2D eigenvalue weighted by atomic mass is 9.96. The highest BCUT2D eigenvalue weighted by atomic mass is 28.3. The summed E-state index contributed by atoms with van der Waals surface area (Å²) >= 11 is 0. The molecule has 3 saturated heterocycles. The summed E-state index contributed by atoms with van der Waals surface area (Å²) in [5.74, 6) is -0.524. The molecule has 0 aromatic heterocycles. The zero-order valence-electron chi connectivity index (χ0n) is 24.3. The molecule has 3 rings (SSSR count). The van der Waals surface area contributed by atoms with Crippen molar-refractivity contribution in [2.24, 2.45) is 0 Å². The lowest BCUT2D eigenvalue weighted by Crippen LogP contribution is -2.66. The minimum atomic E-state index is -1.81. The number of rotatable bonds is 12. The molecule has 42 heavy (non-hydrogen) atoms. The second-order valence-corrected chi connectivity index (χ2v) is 17.8. The molecule has 0 saturated carbocycles. The van der Waals surface area contributed by atoms with E-state index in [-0.39, 0.29) is 13.0 Å². The van der Waals surface area contributed by atoms with Gasteiger partial charge in [0.1, 0.15) is 54.9 Å². The third-order valence-corrected chi connectivity index (χ3v) is 9.18. The zero-order chi connectivity index (χ0) is 31.4. The summed E-state index contributed by atoms with van der Waals surface area (Å²) < 4.78 is 34.1. The first kappa shape index (κ1) is 35.6. The van der Waals surface area contributed by atoms with E-state index in [0.717, 1.165) is 6.04 Å². The lowest BCUT2D eigenvalue weighted by molar-refractivity contribution is -0.372. The van der Waals surface area contributed by atoms with Crippen LogP contribution in [0.2, 0.25) is 25.7 Å². The van der Waals surface area contributed by atoms with Crippen molar-refractivity contribution in [3.63, 3.8) is 0 Å². The van der Waals surface area contributed by atoms with Gasteiger partial charge in [-0.1, -0.05) is 19.6 Å². The van der Waals surface area contributed by atoms with Crippen molar-refractivity contribution in [1.82, 2.24) is 5.32 Å². The maximum atomic E-state index is 11.8. The summed E-state index contributed by atoms with van der Waals surface area (Å²) in [6, 6.07) is -0.378. The Kier molecular flexibility index (Phi) is 13.1. The molecule has 9 N–H and O–H groups in total. The van der Waals surface area contributed by atoms with E-state index < -0.39 is 120 Å². The molecule has 0 bridgehead atoms. The molecule has 0 radical (unpaired) electrons. The van der Waals surface area contributed by atoms with Crippen LogP contribution in [0.4, 0.5) is 0 Å². The minimum absolute atomic E-state index is 0.0293. The van der Waals surface area contributed by atoms with Gasteiger partial charge in [-0.3, -0.25) is 4.79 Å². The maximum Gasteiger partial charge on any atom is 0.217 e. The van der Waals surface area contributed by atoms with E-state index in [2.05, 4.69) is 25.0 Å². The number of hydrogen-bond donors (Lipinski definition) is 9. The maximum absolute atomic E-state index is 11.8. The first-order valence-electron chi connectivity index (χ1n) is 14.1. The van der Waals surface area contributed by atoms with E-state index in [1.54, 1.807) is 0 Å². The smallest absolute Gasteiger partial charge is 0.217 e. The molecule has 3 heterocycles. The Morgan fingerprint density at radius 3 is 1.98 bits per heavy atom. The molecule has 0 aromatic rings. The number of hydrogen-bond acceptors (Lipinski definition) is 15. The van der Waals surface area contributed by atoms with Gasteiger partial charge in [0.05, 0.1) is 32.0 Å². The molecule has 1 amide bonds. The Hall–Kier alpha value is -0.873. The summed E-state index contributed by atoms with van der Waals surface area (Å²) in [4.78, 5) is 11.8. The number of amides is 1. The van der Waals surface area contributed by atoms with Gasteiger partial charge in [0.25, 0.3) is 0 Å². The van der Waals surface area contributed by atoms with Crippen LogP contribution in [0, 0.1) is 0 Å². The van der Waals surface area contributed by atoms with E-state index >= 15 is 0 Å². The monoisotopic (exact) mass is 629 g/mol. The van der Waals surface area contributed by atoms with Gasteiger partial charge in [-0.25, -0.2) is 0 Å². The van der Waals surface area contributed by atoms with E-state index in [1.165, 1.54) is 6.92 Å². The Balaban J connectivity index is 1.76. The summed E-state index contributed by atoms with van der Waals surface area (Å²) in [5.41, 5.74) is 0. The largest absolute Gasteiger partial charge is 0.394 e. The zero-order valence-corrected chi connectivity index (χ0v) is 25.3. The minimum Gasteiger partial charge on any atom is -0.394 e. The normalized spacial score (nSPS) is 43.2. The number of ether oxygens (including phenoxy) is 6. The van der Waals surface area contributed by atoms with Crippen molar-refractivity contribution in [2.45, 2.75) is 125 Å². The molecule has 3 aliphatic heterocycles. The summed E-state index contributed by atoms with van der Waals surface area (Å²) in [6.07, 6.45) is -18.9. The Labute approximate surface area is 245 Å². The van der Waals surface area contributed by atoms with Gasteiger partial charge in [-0.2, -0.15) is 0 Å². The Bertz CT molecular complexity index is 849. The summed E-state index contributed by atoms with van der Waals surface area (Å²) in [6.45, 7) is 5.99. The summed E-state index contributed by atoms with van der Waals surface area (Å²) in [5, 5.41) is 85.9. The molecular weight excluding hydrogens is 582 g/mol. The molecular formula is C25H47NO15Si. The second-order valence-electron chi connectivity index (χ2n) is 12.1. The SMILES string of the molecule is CC(=O)N[C@H]1C(O[C@H]2[C@@H](O)[C@@H](CO)OC(O[C@@H]3[C@H](O)[C@@H](O)C(OCC[Si](C)(C)C)O[C@@H]3CO)[C@@H]2O)O[C@H](CO)C[C@@H]1O. The molecule has 16 nitrogen and oxygen atoms in total. The van der Waals surface area contributed by atoms with Crippen molar-refractivity contribution < 1.29 is 74.1 Å². The third kappa shape index (κ3) is 8.86. The average Bonchev–Trinajstić information content (AvgIpc) is 2.92. The molecule has 3 fully saturated rings. The fourth-order valence-electron chi connectivity index (χ4n) is 5.04. The molecule has 14 atom stereocenters. The second kappa shape index (κ2) is 15.4. The van der Waals surface area contributed by atoms with Crippen LogP contribution in [0.25, 0.3) is 0 Å². The highest BCUT2D eigenvalue weighted by Gasteiger charge is 2.53. The quantitative estimate of drug-likeness (QED) is 0.0933. The number of carbonyl (C=O) groups is 1. The van der Waals surface area contributed by atoms with Gasteiger partial charge in [-0.15, -0.1) is 0 Å². The van der Waals surface area contributed by atoms with Gasteiger partial charge >= 0.3 is 0 Å². The standard InChI is InChI=1S/C25H47NO15Si/c1-11(30)26-16-13(31)7-12(8-27)37-23(16)41-22-17(32)14(9-28)38-25(20(22)35)40-21-15(10-29)39-24(19(34)18(21)33)36-5-6-42(2,3)4/h12-25,27-29,31-35H,5-10H2,1-4H3,(H,26,30)/t12-,13-,14+,15+,16+,17-,18+,19+,20+,21-,22-,23?,24?,25?/m0/s1. The molecule has 0 spiro atoms. The van der Waals surface area contributed by atoms with Crippen LogP contribution in [0.3, 0.4) is 0 Å². The van der Waals surface area contributed by atoms with Crippen LogP contribution in [0.5, 0.6) is 0 Å². The Morgan fingerprint density at radius 1 is 0.786 bits per heavy atom. The molecule has 0 aromatic carbocycles. The van der Waals surface area contributed by atoms with Gasteiger partial charge in [0.15, 0.2) is 18.9 Å². The van der Waals surface area contributed by atoms with Crippen molar-refractivity contribution in [1.29, 1.82) is 0 Å². The number of aliphatic hydroxyl groups excluding tert-OH is 8. The van der Waals surface area contributed by atoms with Gasteiger partial charge in [0.2, 0.25) is 5.91 Å². The van der Waals surface area contributed by atoms with Crippen molar-refractivity contribution in [3.8, 4) is 0 Å². The van der Waals surface area contributed by atoms with Gasteiger partial charge < -0.3 is 74.6 Å².